The van der Waals surface area contributed by atoms with Crippen LogP contribution in [0.2, 0.25) is 5.02 Å². The van der Waals surface area contributed by atoms with E-state index < -0.39 is 4.92 Å². The molecule has 8 heteroatoms. The lowest BCUT2D eigenvalue weighted by Crippen LogP contribution is -2.46. The highest BCUT2D eigenvalue weighted by molar-refractivity contribution is 6.33. The molecule has 138 valence electrons. The minimum Gasteiger partial charge on any atom is -0.451 e. The molecule has 1 aliphatic rings. The number of carbonyl (C=O) groups excluding carboxylic acids is 1. The predicted octanol–water partition coefficient (Wildman–Crippen LogP) is 3.72. The van der Waals surface area contributed by atoms with E-state index in [-0.39, 0.29) is 28.4 Å². The highest BCUT2D eigenvalue weighted by Crippen LogP contribution is 2.32. The second-order valence-electron chi connectivity index (χ2n) is 6.63. The highest BCUT2D eigenvalue weighted by atomic mass is 35.5. The summed E-state index contributed by atoms with van der Waals surface area (Å²) in [6, 6.07) is 7.76. The molecule has 0 radical (unpaired) electrons. The molecule has 1 aromatic heterocycles. The van der Waals surface area contributed by atoms with Crippen LogP contribution in [0.15, 0.2) is 34.7 Å². The molecule has 1 amide bonds. The Kier molecular flexibility index (Phi) is 5.29. The number of benzene rings is 1. The van der Waals surface area contributed by atoms with E-state index in [0.29, 0.717) is 17.4 Å². The Morgan fingerprint density at radius 3 is 2.73 bits per heavy atom. The Morgan fingerprint density at radius 2 is 2.08 bits per heavy atom. The van der Waals surface area contributed by atoms with Crippen molar-refractivity contribution in [2.75, 3.05) is 14.1 Å². The van der Waals surface area contributed by atoms with Crippen LogP contribution >= 0.6 is 11.6 Å². The van der Waals surface area contributed by atoms with Crippen LogP contribution in [0, 0.1) is 10.1 Å². The topological polar surface area (TPSA) is 88.6 Å². The van der Waals surface area contributed by atoms with Crippen molar-refractivity contribution in [1.29, 1.82) is 0 Å². The fourth-order valence-corrected chi connectivity index (χ4v) is 3.66. The molecule has 1 saturated carbocycles. The predicted molar refractivity (Wildman–Crippen MR) is 98.4 cm³/mol. The molecule has 0 spiro atoms. The quantitative estimate of drug-likeness (QED) is 0.633. The summed E-state index contributed by atoms with van der Waals surface area (Å²) in [6.07, 6.45) is 3.08. The van der Waals surface area contributed by atoms with Crippen molar-refractivity contribution in [3.05, 3.63) is 51.2 Å². The number of nitrogens with zero attached hydrogens (tertiary/aromatic N) is 2. The molecule has 1 N–H and O–H groups in total. The number of rotatable bonds is 5. The third-order valence-corrected chi connectivity index (χ3v) is 5.03. The Hall–Kier alpha value is -2.38. The number of hydrogen-bond donors (Lipinski definition) is 1. The van der Waals surface area contributed by atoms with Gasteiger partial charge in [-0.1, -0.05) is 11.6 Å². The maximum atomic E-state index is 12.5. The van der Waals surface area contributed by atoms with Gasteiger partial charge < -0.3 is 14.6 Å². The summed E-state index contributed by atoms with van der Waals surface area (Å²) in [6.45, 7) is 0. The molecule has 2 atom stereocenters. The number of carbonyl (C=O) groups is 1. The number of hydrogen-bond acceptors (Lipinski definition) is 5. The first kappa shape index (κ1) is 18.4. The van der Waals surface area contributed by atoms with Crippen LogP contribution in [0.4, 0.5) is 5.69 Å². The second-order valence-corrected chi connectivity index (χ2v) is 7.03. The smallest absolute Gasteiger partial charge is 0.287 e. The zero-order valence-corrected chi connectivity index (χ0v) is 15.3. The van der Waals surface area contributed by atoms with Crippen molar-refractivity contribution in [2.45, 2.75) is 31.3 Å². The highest BCUT2D eigenvalue weighted by Gasteiger charge is 2.30. The average molecular weight is 378 g/mol. The summed E-state index contributed by atoms with van der Waals surface area (Å²) < 4.78 is 5.64. The van der Waals surface area contributed by atoms with Crippen molar-refractivity contribution in [3.63, 3.8) is 0 Å². The van der Waals surface area contributed by atoms with Crippen LogP contribution in [-0.2, 0) is 0 Å². The molecular formula is C18H20ClN3O4. The molecule has 0 unspecified atom stereocenters. The first-order valence-electron chi connectivity index (χ1n) is 8.38. The van der Waals surface area contributed by atoms with E-state index in [1.54, 1.807) is 12.1 Å². The van der Waals surface area contributed by atoms with Crippen molar-refractivity contribution < 1.29 is 14.1 Å². The van der Waals surface area contributed by atoms with Gasteiger partial charge in [0.05, 0.1) is 9.95 Å². The molecule has 7 nitrogen and oxygen atoms in total. The zero-order valence-electron chi connectivity index (χ0n) is 14.6. The summed E-state index contributed by atoms with van der Waals surface area (Å²) in [5, 5.41) is 14.0. The molecule has 0 aliphatic heterocycles. The first-order valence-corrected chi connectivity index (χ1v) is 8.76. The van der Waals surface area contributed by atoms with E-state index in [1.165, 1.54) is 18.2 Å². The van der Waals surface area contributed by atoms with Gasteiger partial charge in [0.2, 0.25) is 0 Å². The number of furan rings is 1. The van der Waals surface area contributed by atoms with Gasteiger partial charge in [0.15, 0.2) is 5.76 Å². The maximum Gasteiger partial charge on any atom is 0.287 e. The molecule has 0 bridgehead atoms. The lowest BCUT2D eigenvalue weighted by Gasteiger charge is -2.26. The summed E-state index contributed by atoms with van der Waals surface area (Å²) in [5.41, 5.74) is 0.405. The molecule has 2 aromatic rings. The van der Waals surface area contributed by atoms with Gasteiger partial charge in [-0.05, 0) is 51.6 Å². The molecule has 1 fully saturated rings. The lowest BCUT2D eigenvalue weighted by atomic mass is 10.1. The summed E-state index contributed by atoms with van der Waals surface area (Å²) in [5.74, 6) is 0.317. The van der Waals surface area contributed by atoms with Crippen molar-refractivity contribution in [2.24, 2.45) is 0 Å². The van der Waals surface area contributed by atoms with Crippen LogP contribution in [0.1, 0.15) is 29.8 Å². The van der Waals surface area contributed by atoms with Crippen molar-refractivity contribution in [3.8, 4) is 11.3 Å². The second kappa shape index (κ2) is 7.47. The molecule has 1 aromatic carbocycles. The van der Waals surface area contributed by atoms with Gasteiger partial charge >= 0.3 is 0 Å². The number of non-ortho nitro benzene ring substituents is 1. The summed E-state index contributed by atoms with van der Waals surface area (Å²) in [7, 11) is 4.02. The zero-order chi connectivity index (χ0) is 18.8. The number of likely N-dealkylation sites (N-methyl/N-ethyl adjacent to an activating group) is 1. The van der Waals surface area contributed by atoms with Crippen LogP contribution in [0.25, 0.3) is 11.3 Å². The van der Waals surface area contributed by atoms with Gasteiger partial charge in [-0.3, -0.25) is 14.9 Å². The van der Waals surface area contributed by atoms with Gasteiger partial charge in [-0.15, -0.1) is 0 Å². The molecule has 26 heavy (non-hydrogen) atoms. The number of amides is 1. The van der Waals surface area contributed by atoms with Crippen LogP contribution in [-0.4, -0.2) is 41.9 Å². The van der Waals surface area contributed by atoms with E-state index in [0.717, 1.165) is 19.3 Å². The molecule has 3 rings (SSSR count). The summed E-state index contributed by atoms with van der Waals surface area (Å²) in [4.78, 5) is 24.9. The Labute approximate surface area is 156 Å². The number of halogens is 1. The third-order valence-electron chi connectivity index (χ3n) is 4.72. The molecule has 0 saturated heterocycles. The van der Waals surface area contributed by atoms with E-state index in [2.05, 4.69) is 10.2 Å². The standard InChI is InChI=1S/C18H20ClN3O4/c1-21(2)15-5-3-4-14(15)20-18(23)17-9-8-16(26-17)12-7-6-11(22(24)25)10-13(12)19/h6-10,14-15H,3-5H2,1-2H3,(H,20,23)/t14-,15+/m0/s1. The minimum absolute atomic E-state index is 0.0917. The average Bonchev–Trinajstić information content (AvgIpc) is 3.23. The summed E-state index contributed by atoms with van der Waals surface area (Å²) >= 11 is 6.12. The largest absolute Gasteiger partial charge is 0.451 e. The van der Waals surface area contributed by atoms with Gasteiger partial charge in [-0.25, -0.2) is 0 Å². The molecule has 1 heterocycles. The van der Waals surface area contributed by atoms with Gasteiger partial charge in [0, 0.05) is 29.8 Å². The van der Waals surface area contributed by atoms with Crippen LogP contribution in [0.5, 0.6) is 0 Å². The molecular weight excluding hydrogens is 358 g/mol. The fraction of sp³-hybridized carbons (Fsp3) is 0.389. The van der Waals surface area contributed by atoms with Crippen molar-refractivity contribution in [1.82, 2.24) is 10.2 Å². The van der Waals surface area contributed by atoms with E-state index in [4.69, 9.17) is 16.0 Å². The maximum absolute atomic E-state index is 12.5. The normalized spacial score (nSPS) is 19.7. The monoisotopic (exact) mass is 377 g/mol. The van der Waals surface area contributed by atoms with Gasteiger partial charge in [0.25, 0.3) is 11.6 Å². The van der Waals surface area contributed by atoms with Gasteiger partial charge in [-0.2, -0.15) is 0 Å². The first-order chi connectivity index (χ1) is 12.4. The Balaban J connectivity index is 1.75. The number of nitrogens with one attached hydrogen (secondary N) is 1. The van der Waals surface area contributed by atoms with E-state index in [9.17, 15) is 14.9 Å². The Morgan fingerprint density at radius 1 is 1.31 bits per heavy atom. The Bertz CT molecular complexity index is 834. The SMILES string of the molecule is CN(C)[C@@H]1CCC[C@@H]1NC(=O)c1ccc(-c2ccc([N+](=O)[O-])cc2Cl)o1. The number of nitro groups is 1. The molecule has 1 aliphatic carbocycles. The van der Waals surface area contributed by atoms with Crippen molar-refractivity contribution >= 4 is 23.2 Å². The fourth-order valence-electron chi connectivity index (χ4n) is 3.39. The van der Waals surface area contributed by atoms with E-state index in [1.807, 2.05) is 14.1 Å². The van der Waals surface area contributed by atoms with E-state index >= 15 is 0 Å². The lowest BCUT2D eigenvalue weighted by molar-refractivity contribution is -0.384. The van der Waals surface area contributed by atoms with Crippen LogP contribution < -0.4 is 5.32 Å². The number of nitro benzene ring substituents is 1. The van der Waals surface area contributed by atoms with Gasteiger partial charge in [0.1, 0.15) is 5.76 Å². The minimum atomic E-state index is -0.514. The third kappa shape index (κ3) is 3.73. The van der Waals surface area contributed by atoms with Crippen LogP contribution in [0.3, 0.4) is 0 Å².